The molecule has 94 valence electrons. The SMILES string of the molecule is Cc1cc(F)ccc1COc1ccccc1CN. The van der Waals surface area contributed by atoms with Crippen LogP contribution in [0.3, 0.4) is 0 Å². The molecule has 2 aromatic rings. The first-order chi connectivity index (χ1) is 8.70. The molecule has 0 bridgehead atoms. The molecule has 0 fully saturated rings. The maximum absolute atomic E-state index is 13.0. The summed E-state index contributed by atoms with van der Waals surface area (Å²) in [6.45, 7) is 2.73. The summed E-state index contributed by atoms with van der Waals surface area (Å²) in [4.78, 5) is 0. The van der Waals surface area contributed by atoms with Crippen LogP contribution in [0.2, 0.25) is 0 Å². The fraction of sp³-hybridized carbons (Fsp3) is 0.200. The Hall–Kier alpha value is -1.87. The van der Waals surface area contributed by atoms with E-state index in [1.165, 1.54) is 12.1 Å². The summed E-state index contributed by atoms with van der Waals surface area (Å²) in [5.74, 6) is 0.558. The highest BCUT2D eigenvalue weighted by molar-refractivity contribution is 5.34. The number of ether oxygens (including phenoxy) is 1. The Bertz CT molecular complexity index is 540. The van der Waals surface area contributed by atoms with Gasteiger partial charge >= 0.3 is 0 Å². The lowest BCUT2D eigenvalue weighted by atomic mass is 10.1. The molecule has 0 aliphatic rings. The minimum atomic E-state index is -0.224. The van der Waals surface area contributed by atoms with Gasteiger partial charge in [-0.2, -0.15) is 0 Å². The molecule has 2 nitrogen and oxygen atoms in total. The van der Waals surface area contributed by atoms with E-state index in [0.717, 1.165) is 22.4 Å². The summed E-state index contributed by atoms with van der Waals surface area (Å²) in [5, 5.41) is 0. The highest BCUT2D eigenvalue weighted by Crippen LogP contribution is 2.19. The zero-order chi connectivity index (χ0) is 13.0. The Morgan fingerprint density at radius 1 is 1.11 bits per heavy atom. The molecule has 0 unspecified atom stereocenters. The fourth-order valence-electron chi connectivity index (χ4n) is 1.79. The molecule has 3 heteroatoms. The van der Waals surface area contributed by atoms with Crippen molar-refractivity contribution >= 4 is 0 Å². The van der Waals surface area contributed by atoms with Crippen LogP contribution in [0, 0.1) is 12.7 Å². The molecule has 0 saturated carbocycles. The molecule has 2 rings (SSSR count). The molecule has 18 heavy (non-hydrogen) atoms. The number of para-hydroxylation sites is 1. The van der Waals surface area contributed by atoms with E-state index < -0.39 is 0 Å². The predicted octanol–water partition coefficient (Wildman–Crippen LogP) is 3.17. The first-order valence-electron chi connectivity index (χ1n) is 5.86. The van der Waals surface area contributed by atoms with Gasteiger partial charge in [-0.25, -0.2) is 4.39 Å². The van der Waals surface area contributed by atoms with E-state index in [4.69, 9.17) is 10.5 Å². The van der Waals surface area contributed by atoms with Crippen LogP contribution in [0.1, 0.15) is 16.7 Å². The topological polar surface area (TPSA) is 35.2 Å². The second-order valence-electron chi connectivity index (χ2n) is 4.17. The second-order valence-corrected chi connectivity index (χ2v) is 4.17. The van der Waals surface area contributed by atoms with Gasteiger partial charge in [0.15, 0.2) is 0 Å². The third-order valence-electron chi connectivity index (χ3n) is 2.88. The van der Waals surface area contributed by atoms with Crippen LogP contribution >= 0.6 is 0 Å². The van der Waals surface area contributed by atoms with Gasteiger partial charge < -0.3 is 10.5 Å². The average molecular weight is 245 g/mol. The lowest BCUT2D eigenvalue weighted by Gasteiger charge is -2.11. The van der Waals surface area contributed by atoms with Gasteiger partial charge in [-0.3, -0.25) is 0 Å². The Labute approximate surface area is 106 Å². The first kappa shape index (κ1) is 12.6. The number of benzene rings is 2. The van der Waals surface area contributed by atoms with Gasteiger partial charge in [0, 0.05) is 12.1 Å². The number of rotatable bonds is 4. The molecule has 0 atom stereocenters. The molecular formula is C15H16FNO. The van der Waals surface area contributed by atoms with Crippen LogP contribution in [-0.4, -0.2) is 0 Å². The maximum Gasteiger partial charge on any atom is 0.124 e. The van der Waals surface area contributed by atoms with E-state index in [1.54, 1.807) is 6.07 Å². The Kier molecular flexibility index (Phi) is 3.95. The summed E-state index contributed by atoms with van der Waals surface area (Å²) in [6.07, 6.45) is 0. The van der Waals surface area contributed by atoms with Gasteiger partial charge in [-0.15, -0.1) is 0 Å². The zero-order valence-electron chi connectivity index (χ0n) is 10.3. The normalized spacial score (nSPS) is 10.4. The van der Waals surface area contributed by atoms with E-state index in [1.807, 2.05) is 31.2 Å². The van der Waals surface area contributed by atoms with E-state index in [2.05, 4.69) is 0 Å². The molecule has 0 spiro atoms. The number of aryl methyl sites for hydroxylation is 1. The second kappa shape index (κ2) is 5.65. The van der Waals surface area contributed by atoms with Crippen molar-refractivity contribution in [2.24, 2.45) is 5.73 Å². The molecule has 0 aliphatic carbocycles. The summed E-state index contributed by atoms with van der Waals surface area (Å²) in [6, 6.07) is 12.4. The third-order valence-corrected chi connectivity index (χ3v) is 2.88. The van der Waals surface area contributed by atoms with Gasteiger partial charge in [-0.05, 0) is 36.2 Å². The number of hydrogen-bond acceptors (Lipinski definition) is 2. The van der Waals surface area contributed by atoms with E-state index >= 15 is 0 Å². The van der Waals surface area contributed by atoms with Gasteiger partial charge in [0.1, 0.15) is 18.2 Å². The minimum Gasteiger partial charge on any atom is -0.489 e. The fourth-order valence-corrected chi connectivity index (χ4v) is 1.79. The summed E-state index contributed by atoms with van der Waals surface area (Å²) in [7, 11) is 0. The lowest BCUT2D eigenvalue weighted by molar-refractivity contribution is 0.302. The molecule has 0 saturated heterocycles. The van der Waals surface area contributed by atoms with Gasteiger partial charge in [0.25, 0.3) is 0 Å². The molecule has 0 radical (unpaired) electrons. The van der Waals surface area contributed by atoms with Crippen LogP contribution in [0.4, 0.5) is 4.39 Å². The van der Waals surface area contributed by atoms with Crippen molar-refractivity contribution in [3.8, 4) is 5.75 Å². The van der Waals surface area contributed by atoms with Crippen molar-refractivity contribution in [2.75, 3.05) is 0 Å². The van der Waals surface area contributed by atoms with Crippen molar-refractivity contribution in [1.82, 2.24) is 0 Å². The third kappa shape index (κ3) is 2.87. The van der Waals surface area contributed by atoms with E-state index in [-0.39, 0.29) is 5.82 Å². The molecule has 0 aromatic heterocycles. The number of nitrogens with two attached hydrogens (primary N) is 1. The average Bonchev–Trinajstić information content (AvgIpc) is 2.38. The van der Waals surface area contributed by atoms with Crippen molar-refractivity contribution in [3.05, 3.63) is 65.0 Å². The van der Waals surface area contributed by atoms with Crippen molar-refractivity contribution in [2.45, 2.75) is 20.1 Å². The maximum atomic E-state index is 13.0. The zero-order valence-corrected chi connectivity index (χ0v) is 10.3. The number of halogens is 1. The molecule has 2 N–H and O–H groups in total. The molecular weight excluding hydrogens is 229 g/mol. The van der Waals surface area contributed by atoms with Crippen LogP contribution in [0.25, 0.3) is 0 Å². The minimum absolute atomic E-state index is 0.224. The highest BCUT2D eigenvalue weighted by Gasteiger charge is 2.04. The quantitative estimate of drug-likeness (QED) is 0.898. The molecule has 0 amide bonds. The molecule has 2 aromatic carbocycles. The van der Waals surface area contributed by atoms with Crippen molar-refractivity contribution in [3.63, 3.8) is 0 Å². The predicted molar refractivity (Wildman–Crippen MR) is 69.8 cm³/mol. The van der Waals surface area contributed by atoms with Gasteiger partial charge in [0.2, 0.25) is 0 Å². The first-order valence-corrected chi connectivity index (χ1v) is 5.86. The van der Waals surface area contributed by atoms with Crippen LogP contribution in [0.15, 0.2) is 42.5 Å². The van der Waals surface area contributed by atoms with Crippen LogP contribution in [0.5, 0.6) is 5.75 Å². The Morgan fingerprint density at radius 3 is 2.61 bits per heavy atom. The van der Waals surface area contributed by atoms with Gasteiger partial charge in [-0.1, -0.05) is 24.3 Å². The Morgan fingerprint density at radius 2 is 1.89 bits per heavy atom. The van der Waals surface area contributed by atoms with Crippen LogP contribution in [-0.2, 0) is 13.2 Å². The van der Waals surface area contributed by atoms with Crippen molar-refractivity contribution < 1.29 is 9.13 Å². The van der Waals surface area contributed by atoms with Crippen molar-refractivity contribution in [1.29, 1.82) is 0 Å². The molecule has 0 aliphatic heterocycles. The van der Waals surface area contributed by atoms with Gasteiger partial charge in [0.05, 0.1) is 0 Å². The molecule has 0 heterocycles. The van der Waals surface area contributed by atoms with E-state index in [9.17, 15) is 4.39 Å². The summed E-state index contributed by atoms with van der Waals surface area (Å²) < 4.78 is 18.7. The Balaban J connectivity index is 2.11. The van der Waals surface area contributed by atoms with E-state index in [0.29, 0.717) is 13.2 Å². The summed E-state index contributed by atoms with van der Waals surface area (Å²) >= 11 is 0. The highest BCUT2D eigenvalue weighted by atomic mass is 19.1. The van der Waals surface area contributed by atoms with Crippen LogP contribution < -0.4 is 10.5 Å². The monoisotopic (exact) mass is 245 g/mol. The number of hydrogen-bond donors (Lipinski definition) is 1. The largest absolute Gasteiger partial charge is 0.489 e. The smallest absolute Gasteiger partial charge is 0.124 e. The summed E-state index contributed by atoms with van der Waals surface area (Å²) in [5.41, 5.74) is 8.47. The standard InChI is InChI=1S/C15H16FNO/c1-11-8-14(16)7-6-13(11)10-18-15-5-3-2-4-12(15)9-17/h2-8H,9-10,17H2,1H3. The lowest BCUT2D eigenvalue weighted by Crippen LogP contribution is -2.03.